The smallest absolute Gasteiger partial charge is 0.264 e. The molecule has 5 N–H and O–H groups in total. The van der Waals surface area contributed by atoms with Gasteiger partial charge in [-0.3, -0.25) is 4.79 Å². The van der Waals surface area contributed by atoms with Gasteiger partial charge in [-0.1, -0.05) is 41.5 Å². The molecule has 0 aromatic heterocycles. The van der Waals surface area contributed by atoms with Crippen LogP contribution in [-0.2, 0) is 15.6 Å². The largest absolute Gasteiger partial charge is 0.507 e. The maximum absolute atomic E-state index is 11.1. The van der Waals surface area contributed by atoms with E-state index >= 15 is 0 Å². The molecule has 0 atom stereocenters. The van der Waals surface area contributed by atoms with E-state index in [1.807, 2.05) is 53.7 Å². The topological polar surface area (TPSA) is 89.3 Å². The first-order chi connectivity index (χ1) is 9.34. The number of hydrogen-bond donors (Lipinski definition) is 3. The van der Waals surface area contributed by atoms with Gasteiger partial charge in [0, 0.05) is 11.1 Å². The molecule has 0 heterocycles. The predicted molar refractivity (Wildman–Crippen MR) is 86.9 cm³/mol. The van der Waals surface area contributed by atoms with Gasteiger partial charge in [0.15, 0.2) is 0 Å². The van der Waals surface area contributed by atoms with Gasteiger partial charge in [-0.25, -0.2) is 0 Å². The molecule has 0 unspecified atom stereocenters. The van der Waals surface area contributed by atoms with Crippen LogP contribution in [0.4, 0.5) is 0 Å². The Balaban J connectivity index is 3.63. The van der Waals surface area contributed by atoms with E-state index in [4.69, 9.17) is 11.5 Å². The Morgan fingerprint density at radius 2 is 1.38 bits per heavy atom. The summed E-state index contributed by atoms with van der Waals surface area (Å²) in [5.41, 5.74) is 12.8. The number of benzene rings is 1. The van der Waals surface area contributed by atoms with Crippen molar-refractivity contribution in [1.82, 2.24) is 0 Å². The lowest BCUT2D eigenvalue weighted by molar-refractivity contribution is -0.114. The third-order valence-corrected chi connectivity index (χ3v) is 3.35. The average Bonchev–Trinajstić information content (AvgIpc) is 2.27. The minimum Gasteiger partial charge on any atom is -0.507 e. The first-order valence-corrected chi connectivity index (χ1v) is 6.99. The molecule has 0 spiro atoms. The molecule has 1 aromatic carbocycles. The highest BCUT2D eigenvalue weighted by molar-refractivity contribution is 5.95. The second kappa shape index (κ2) is 5.43. The Bertz CT molecular complexity index is 553. The van der Waals surface area contributed by atoms with E-state index in [1.54, 1.807) is 6.08 Å². The summed E-state index contributed by atoms with van der Waals surface area (Å²) in [4.78, 5) is 11.1. The summed E-state index contributed by atoms with van der Waals surface area (Å²) in [6.07, 6.45) is 1.55. The number of carbonyl (C=O) groups is 1. The molecule has 21 heavy (non-hydrogen) atoms. The van der Waals surface area contributed by atoms with E-state index < -0.39 is 5.91 Å². The summed E-state index contributed by atoms with van der Waals surface area (Å²) in [6, 6.07) is 3.70. The molecule has 0 aliphatic carbocycles. The number of aromatic hydroxyl groups is 1. The van der Waals surface area contributed by atoms with Crippen molar-refractivity contribution < 1.29 is 9.90 Å². The number of hydrogen-bond acceptors (Lipinski definition) is 3. The molecular formula is C17H26N2O2. The summed E-state index contributed by atoms with van der Waals surface area (Å²) < 4.78 is 0. The van der Waals surface area contributed by atoms with Crippen molar-refractivity contribution in [3.8, 4) is 5.75 Å². The van der Waals surface area contributed by atoms with Crippen molar-refractivity contribution in [3.63, 3.8) is 0 Å². The van der Waals surface area contributed by atoms with Crippen LogP contribution in [0.1, 0.15) is 58.2 Å². The van der Waals surface area contributed by atoms with E-state index in [0.717, 1.165) is 16.7 Å². The van der Waals surface area contributed by atoms with Crippen molar-refractivity contribution in [2.75, 3.05) is 0 Å². The van der Waals surface area contributed by atoms with Crippen LogP contribution in [0, 0.1) is 0 Å². The molecule has 0 aliphatic rings. The van der Waals surface area contributed by atoms with Gasteiger partial charge in [0.1, 0.15) is 5.75 Å². The molecule has 0 fully saturated rings. The zero-order valence-electron chi connectivity index (χ0n) is 13.7. The van der Waals surface area contributed by atoms with E-state index in [9.17, 15) is 9.90 Å². The van der Waals surface area contributed by atoms with E-state index in [0.29, 0.717) is 5.75 Å². The molecule has 1 amide bonds. The SMILES string of the molecule is CC(C)(C)c1cc(/C=C(\N)C(N)=O)cc(C(C)(C)C)c1O. The maximum atomic E-state index is 11.1. The number of primary amides is 1. The fraction of sp³-hybridized carbons (Fsp3) is 0.471. The molecule has 1 aromatic rings. The van der Waals surface area contributed by atoms with Gasteiger partial charge in [0.05, 0.1) is 5.70 Å². The minimum absolute atomic E-state index is 0.000378. The maximum Gasteiger partial charge on any atom is 0.264 e. The molecule has 0 saturated carbocycles. The number of carbonyl (C=O) groups excluding carboxylic acids is 1. The highest BCUT2D eigenvalue weighted by Gasteiger charge is 2.26. The highest BCUT2D eigenvalue weighted by atomic mass is 16.3. The number of amides is 1. The van der Waals surface area contributed by atoms with Gasteiger partial charge < -0.3 is 16.6 Å². The molecule has 0 radical (unpaired) electrons. The van der Waals surface area contributed by atoms with Gasteiger partial charge in [0.2, 0.25) is 0 Å². The summed E-state index contributed by atoms with van der Waals surface area (Å²) in [5.74, 6) is -0.359. The fourth-order valence-electron chi connectivity index (χ4n) is 2.13. The summed E-state index contributed by atoms with van der Waals surface area (Å²) in [7, 11) is 0. The molecule has 116 valence electrons. The zero-order valence-corrected chi connectivity index (χ0v) is 13.7. The second-order valence-corrected chi connectivity index (χ2v) is 7.43. The van der Waals surface area contributed by atoms with Crippen LogP contribution in [-0.4, -0.2) is 11.0 Å². The average molecular weight is 290 g/mol. The van der Waals surface area contributed by atoms with Crippen molar-refractivity contribution in [2.45, 2.75) is 52.4 Å². The van der Waals surface area contributed by atoms with Crippen LogP contribution in [0.5, 0.6) is 5.75 Å². The first-order valence-electron chi connectivity index (χ1n) is 6.99. The van der Waals surface area contributed by atoms with Gasteiger partial charge in [-0.05, 0) is 34.6 Å². The lowest BCUT2D eigenvalue weighted by Crippen LogP contribution is -2.20. The fourth-order valence-corrected chi connectivity index (χ4v) is 2.13. The molecule has 0 bridgehead atoms. The Labute approximate surface area is 126 Å². The Kier molecular flexibility index (Phi) is 4.42. The summed E-state index contributed by atoms with van der Waals surface area (Å²) >= 11 is 0. The standard InChI is InChI=1S/C17H26N2O2/c1-16(2,3)11-7-10(9-13(18)15(19)21)8-12(14(11)20)17(4,5)6/h7-9,20H,18H2,1-6H3,(H2,19,21)/b13-9-. The van der Waals surface area contributed by atoms with Crippen molar-refractivity contribution in [3.05, 3.63) is 34.5 Å². The minimum atomic E-state index is -0.655. The van der Waals surface area contributed by atoms with Crippen LogP contribution in [0.25, 0.3) is 6.08 Å². The van der Waals surface area contributed by atoms with Crippen LogP contribution in [0.3, 0.4) is 0 Å². The van der Waals surface area contributed by atoms with E-state index in [1.165, 1.54) is 0 Å². The van der Waals surface area contributed by atoms with Gasteiger partial charge in [-0.2, -0.15) is 0 Å². The predicted octanol–water partition coefficient (Wildman–Crippen LogP) is 2.77. The third-order valence-electron chi connectivity index (χ3n) is 3.35. The van der Waals surface area contributed by atoms with Crippen LogP contribution < -0.4 is 11.5 Å². The van der Waals surface area contributed by atoms with Crippen molar-refractivity contribution >= 4 is 12.0 Å². The van der Waals surface area contributed by atoms with Gasteiger partial charge >= 0.3 is 0 Å². The third kappa shape index (κ3) is 4.00. The molecule has 0 aliphatic heterocycles. The Morgan fingerprint density at radius 1 is 1.00 bits per heavy atom. The lowest BCUT2D eigenvalue weighted by atomic mass is 9.78. The molecular weight excluding hydrogens is 264 g/mol. The second-order valence-electron chi connectivity index (χ2n) is 7.43. The first kappa shape index (κ1) is 17.1. The Hall–Kier alpha value is -1.97. The molecule has 1 rings (SSSR count). The van der Waals surface area contributed by atoms with Gasteiger partial charge in [-0.15, -0.1) is 0 Å². The quantitative estimate of drug-likeness (QED) is 0.732. The van der Waals surface area contributed by atoms with Crippen LogP contribution >= 0.6 is 0 Å². The summed E-state index contributed by atoms with van der Waals surface area (Å²) in [6.45, 7) is 12.2. The monoisotopic (exact) mass is 290 g/mol. The van der Waals surface area contributed by atoms with Crippen LogP contribution in [0.2, 0.25) is 0 Å². The van der Waals surface area contributed by atoms with E-state index in [2.05, 4.69) is 0 Å². The normalized spacial score (nSPS) is 13.3. The number of phenolic OH excluding ortho intramolecular Hbond substituents is 1. The number of phenols is 1. The molecule has 4 heteroatoms. The molecule has 4 nitrogen and oxygen atoms in total. The van der Waals surface area contributed by atoms with Gasteiger partial charge in [0.25, 0.3) is 5.91 Å². The van der Waals surface area contributed by atoms with E-state index in [-0.39, 0.29) is 16.5 Å². The Morgan fingerprint density at radius 3 is 1.67 bits per heavy atom. The zero-order chi connectivity index (χ0) is 16.6. The van der Waals surface area contributed by atoms with Crippen LogP contribution in [0.15, 0.2) is 17.8 Å². The number of rotatable bonds is 2. The summed E-state index contributed by atoms with van der Waals surface area (Å²) in [5, 5.41) is 10.6. The highest BCUT2D eigenvalue weighted by Crippen LogP contribution is 2.40. The lowest BCUT2D eigenvalue weighted by Gasteiger charge is -2.28. The molecule has 0 saturated heterocycles. The van der Waals surface area contributed by atoms with Crippen molar-refractivity contribution in [2.24, 2.45) is 11.5 Å². The number of nitrogens with two attached hydrogens (primary N) is 2. The van der Waals surface area contributed by atoms with Crippen molar-refractivity contribution in [1.29, 1.82) is 0 Å².